The third-order valence-corrected chi connectivity index (χ3v) is 3.37. The number of carbonyl (C=O) groups excluding carboxylic acids is 1. The number of amides is 1. The number of hydrogen-bond donors (Lipinski definition) is 1. The van der Waals surface area contributed by atoms with Gasteiger partial charge in [0.2, 0.25) is 0 Å². The quantitative estimate of drug-likeness (QED) is 0.874. The Bertz CT molecular complexity index is 764. The van der Waals surface area contributed by atoms with Crippen molar-refractivity contribution in [2.75, 3.05) is 11.9 Å². The zero-order valence-corrected chi connectivity index (χ0v) is 11.8. The van der Waals surface area contributed by atoms with E-state index in [0.29, 0.717) is 23.6 Å². The van der Waals surface area contributed by atoms with Crippen LogP contribution in [0.5, 0.6) is 5.75 Å². The number of rotatable bonds is 3. The maximum absolute atomic E-state index is 13.7. The van der Waals surface area contributed by atoms with E-state index < -0.39 is 17.5 Å². The van der Waals surface area contributed by atoms with E-state index in [0.717, 1.165) is 12.1 Å². The summed E-state index contributed by atoms with van der Waals surface area (Å²) in [4.78, 5) is 12.1. The van der Waals surface area contributed by atoms with Crippen molar-refractivity contribution in [2.24, 2.45) is 0 Å². The Morgan fingerprint density at radius 1 is 1.18 bits per heavy atom. The third kappa shape index (κ3) is 2.45. The molecule has 1 aliphatic heterocycles. The summed E-state index contributed by atoms with van der Waals surface area (Å²) in [5, 5.41) is 2.67. The summed E-state index contributed by atoms with van der Waals surface area (Å²) in [6, 6.07) is 8.69. The molecule has 3 nitrogen and oxygen atoms in total. The molecular weight excluding hydrogens is 288 g/mol. The molecule has 0 spiro atoms. The molecule has 1 N–H and O–H groups in total. The largest absolute Gasteiger partial charge is 0.494 e. The van der Waals surface area contributed by atoms with Crippen LogP contribution in [0.25, 0.3) is 11.6 Å². The van der Waals surface area contributed by atoms with Crippen LogP contribution >= 0.6 is 0 Å². The van der Waals surface area contributed by atoms with Crippen LogP contribution in [0.3, 0.4) is 0 Å². The highest BCUT2D eigenvalue weighted by atomic mass is 19.1. The lowest BCUT2D eigenvalue weighted by atomic mass is 10.0. The van der Waals surface area contributed by atoms with E-state index in [4.69, 9.17) is 4.74 Å². The predicted octanol–water partition coefficient (Wildman–Crippen LogP) is 3.86. The molecule has 22 heavy (non-hydrogen) atoms. The number of anilines is 1. The average Bonchev–Trinajstić information content (AvgIpc) is 2.78. The molecule has 2 aromatic rings. The first-order chi connectivity index (χ1) is 10.6. The number of carbonyl (C=O) groups is 1. The molecule has 5 heteroatoms. The van der Waals surface area contributed by atoms with Crippen molar-refractivity contribution in [1.29, 1.82) is 0 Å². The van der Waals surface area contributed by atoms with Crippen molar-refractivity contribution in [2.45, 2.75) is 6.92 Å². The van der Waals surface area contributed by atoms with Crippen LogP contribution < -0.4 is 10.1 Å². The molecule has 2 aromatic carbocycles. The second-order valence-electron chi connectivity index (χ2n) is 4.79. The molecule has 0 aromatic heterocycles. The summed E-state index contributed by atoms with van der Waals surface area (Å²) in [6.07, 6.45) is 1.23. The zero-order valence-electron chi connectivity index (χ0n) is 11.8. The van der Waals surface area contributed by atoms with Crippen LogP contribution in [0.4, 0.5) is 14.5 Å². The second kappa shape index (κ2) is 5.60. The molecule has 0 bridgehead atoms. The summed E-state index contributed by atoms with van der Waals surface area (Å²) < 4.78 is 32.8. The number of halogens is 2. The van der Waals surface area contributed by atoms with E-state index in [1.807, 2.05) is 6.92 Å². The van der Waals surface area contributed by atoms with Crippen LogP contribution in [0.15, 0.2) is 36.4 Å². The molecule has 0 atom stereocenters. The summed E-state index contributed by atoms with van der Waals surface area (Å²) in [7, 11) is 0. The van der Waals surface area contributed by atoms with E-state index in [9.17, 15) is 13.6 Å². The fraction of sp³-hybridized carbons (Fsp3) is 0.118. The average molecular weight is 301 g/mol. The Hall–Kier alpha value is -2.69. The first kappa shape index (κ1) is 14.3. The van der Waals surface area contributed by atoms with Crippen LogP contribution in [-0.4, -0.2) is 12.5 Å². The monoisotopic (exact) mass is 301 g/mol. The van der Waals surface area contributed by atoms with E-state index in [-0.39, 0.29) is 11.1 Å². The van der Waals surface area contributed by atoms with Gasteiger partial charge in [-0.05, 0) is 37.3 Å². The lowest BCUT2D eigenvalue weighted by Gasteiger charge is -2.05. The lowest BCUT2D eigenvalue weighted by Crippen LogP contribution is -2.04. The van der Waals surface area contributed by atoms with E-state index in [2.05, 4.69) is 5.32 Å². The van der Waals surface area contributed by atoms with Gasteiger partial charge >= 0.3 is 0 Å². The summed E-state index contributed by atoms with van der Waals surface area (Å²) >= 11 is 0. The van der Waals surface area contributed by atoms with Crippen molar-refractivity contribution >= 4 is 23.2 Å². The van der Waals surface area contributed by atoms with Crippen molar-refractivity contribution in [3.8, 4) is 5.75 Å². The Morgan fingerprint density at radius 2 is 1.91 bits per heavy atom. The van der Waals surface area contributed by atoms with E-state index in [1.165, 1.54) is 12.1 Å². The van der Waals surface area contributed by atoms with E-state index in [1.54, 1.807) is 18.2 Å². The van der Waals surface area contributed by atoms with Gasteiger partial charge in [-0.2, -0.15) is 0 Å². The Morgan fingerprint density at radius 3 is 2.59 bits per heavy atom. The van der Waals surface area contributed by atoms with Gasteiger partial charge in [-0.1, -0.05) is 6.07 Å². The number of hydrogen-bond acceptors (Lipinski definition) is 2. The molecule has 1 aliphatic rings. The van der Waals surface area contributed by atoms with Gasteiger partial charge in [0, 0.05) is 22.8 Å². The van der Waals surface area contributed by atoms with Crippen LogP contribution in [0.1, 0.15) is 18.1 Å². The van der Waals surface area contributed by atoms with Crippen molar-refractivity contribution in [3.63, 3.8) is 0 Å². The van der Waals surface area contributed by atoms with Gasteiger partial charge in [0.05, 0.1) is 12.3 Å². The Balaban J connectivity index is 2.07. The molecule has 1 amide bonds. The normalized spacial score (nSPS) is 14.9. The van der Waals surface area contributed by atoms with Gasteiger partial charge in [0.1, 0.15) is 17.4 Å². The van der Waals surface area contributed by atoms with Gasteiger partial charge in [-0.25, -0.2) is 8.78 Å². The molecule has 112 valence electrons. The highest BCUT2D eigenvalue weighted by Crippen LogP contribution is 2.36. The van der Waals surface area contributed by atoms with E-state index >= 15 is 0 Å². The van der Waals surface area contributed by atoms with Gasteiger partial charge in [0.25, 0.3) is 5.91 Å². The second-order valence-corrected chi connectivity index (χ2v) is 4.79. The number of ether oxygens (including phenoxy) is 1. The Kier molecular flexibility index (Phi) is 3.63. The first-order valence-electron chi connectivity index (χ1n) is 6.84. The molecule has 0 aliphatic carbocycles. The number of nitrogens with one attached hydrogen (secondary N) is 1. The van der Waals surface area contributed by atoms with Crippen LogP contribution in [0, 0.1) is 11.6 Å². The highest BCUT2D eigenvalue weighted by molar-refractivity contribution is 6.35. The molecule has 0 saturated heterocycles. The molecule has 3 rings (SSSR count). The van der Waals surface area contributed by atoms with Crippen molar-refractivity contribution in [1.82, 2.24) is 0 Å². The highest BCUT2D eigenvalue weighted by Gasteiger charge is 2.25. The maximum Gasteiger partial charge on any atom is 0.256 e. The smallest absolute Gasteiger partial charge is 0.256 e. The molecule has 0 saturated carbocycles. The molecule has 0 fully saturated rings. The van der Waals surface area contributed by atoms with Gasteiger partial charge < -0.3 is 10.1 Å². The lowest BCUT2D eigenvalue weighted by molar-refractivity contribution is -0.110. The maximum atomic E-state index is 13.7. The Labute approximate surface area is 126 Å². The van der Waals surface area contributed by atoms with Crippen molar-refractivity contribution in [3.05, 3.63) is 59.2 Å². The molecule has 0 unspecified atom stereocenters. The SMILES string of the molecule is CCOc1ccc2c(c1)NC(=O)C2=Cc1c(F)cccc1F. The number of fused-ring (bicyclic) bond motifs is 1. The first-order valence-corrected chi connectivity index (χ1v) is 6.84. The summed E-state index contributed by atoms with van der Waals surface area (Å²) in [5.41, 5.74) is 1.16. The van der Waals surface area contributed by atoms with Gasteiger partial charge in [-0.3, -0.25) is 4.79 Å². The minimum absolute atomic E-state index is 0.224. The topological polar surface area (TPSA) is 38.3 Å². The zero-order chi connectivity index (χ0) is 15.7. The third-order valence-electron chi connectivity index (χ3n) is 3.37. The van der Waals surface area contributed by atoms with Crippen molar-refractivity contribution < 1.29 is 18.3 Å². The minimum Gasteiger partial charge on any atom is -0.494 e. The predicted molar refractivity (Wildman–Crippen MR) is 80.5 cm³/mol. The molecule has 0 radical (unpaired) electrons. The fourth-order valence-electron chi connectivity index (χ4n) is 2.37. The minimum atomic E-state index is -0.709. The van der Waals surface area contributed by atoms with Gasteiger partial charge in [0.15, 0.2) is 0 Å². The summed E-state index contributed by atoms with van der Waals surface area (Å²) in [5.74, 6) is -1.19. The molecule has 1 heterocycles. The number of benzene rings is 2. The van der Waals surface area contributed by atoms with Crippen LogP contribution in [-0.2, 0) is 4.79 Å². The standard InChI is InChI=1S/C17H13F2NO2/c1-2-22-10-6-7-11-12(17(21)20-16(11)8-10)9-13-14(18)4-3-5-15(13)19/h3-9H,2H2,1H3,(H,20,21). The van der Waals surface area contributed by atoms with Gasteiger partial charge in [-0.15, -0.1) is 0 Å². The fourth-order valence-corrected chi connectivity index (χ4v) is 2.37. The molecular formula is C17H13F2NO2. The summed E-state index contributed by atoms with van der Waals surface area (Å²) in [6.45, 7) is 2.37. The van der Waals surface area contributed by atoms with Crippen LogP contribution in [0.2, 0.25) is 0 Å².